The molecular formula is C18H24N2O. The van der Waals surface area contributed by atoms with Gasteiger partial charge in [0.25, 0.3) is 0 Å². The molecule has 1 aromatic carbocycles. The Bertz CT molecular complexity index is 615. The highest BCUT2D eigenvalue weighted by Crippen LogP contribution is 2.28. The maximum absolute atomic E-state index is 6.06. The standard InChI is InChI=1S/C18H24N2O/c1-13-8-9-17(15(11-13)12-20-18(3,4)5)21-16-7-6-10-19-14(16)2/h6-11,20H,12H2,1-5H3. The van der Waals surface area contributed by atoms with Crippen LogP contribution in [0.5, 0.6) is 11.5 Å². The molecule has 21 heavy (non-hydrogen) atoms. The van der Waals surface area contributed by atoms with E-state index in [4.69, 9.17) is 4.74 Å². The van der Waals surface area contributed by atoms with Gasteiger partial charge in [-0.05, 0) is 52.8 Å². The van der Waals surface area contributed by atoms with Crippen LogP contribution in [0.2, 0.25) is 0 Å². The highest BCUT2D eigenvalue weighted by Gasteiger charge is 2.12. The largest absolute Gasteiger partial charge is 0.455 e. The second-order valence-corrected chi connectivity index (χ2v) is 6.40. The molecular weight excluding hydrogens is 260 g/mol. The summed E-state index contributed by atoms with van der Waals surface area (Å²) < 4.78 is 6.06. The lowest BCUT2D eigenvalue weighted by atomic mass is 10.1. The summed E-state index contributed by atoms with van der Waals surface area (Å²) in [7, 11) is 0. The van der Waals surface area contributed by atoms with Crippen molar-refractivity contribution in [2.24, 2.45) is 0 Å². The van der Waals surface area contributed by atoms with Gasteiger partial charge >= 0.3 is 0 Å². The van der Waals surface area contributed by atoms with Crippen molar-refractivity contribution in [1.29, 1.82) is 0 Å². The summed E-state index contributed by atoms with van der Waals surface area (Å²) in [5.74, 6) is 1.69. The number of hydrogen-bond donors (Lipinski definition) is 1. The van der Waals surface area contributed by atoms with Crippen molar-refractivity contribution in [3.63, 3.8) is 0 Å². The number of pyridine rings is 1. The average Bonchev–Trinajstić information content (AvgIpc) is 2.40. The van der Waals surface area contributed by atoms with E-state index in [9.17, 15) is 0 Å². The molecule has 0 atom stereocenters. The van der Waals surface area contributed by atoms with Crippen molar-refractivity contribution in [3.8, 4) is 11.5 Å². The highest BCUT2D eigenvalue weighted by molar-refractivity contribution is 5.41. The van der Waals surface area contributed by atoms with Gasteiger partial charge in [-0.2, -0.15) is 0 Å². The Morgan fingerprint density at radius 2 is 1.86 bits per heavy atom. The third-order valence-electron chi connectivity index (χ3n) is 3.20. The van der Waals surface area contributed by atoms with Gasteiger partial charge in [0.05, 0.1) is 5.69 Å². The molecule has 0 amide bonds. The molecule has 0 aliphatic rings. The molecule has 3 nitrogen and oxygen atoms in total. The van der Waals surface area contributed by atoms with Crippen LogP contribution in [0.25, 0.3) is 0 Å². The third-order valence-corrected chi connectivity index (χ3v) is 3.20. The van der Waals surface area contributed by atoms with Crippen molar-refractivity contribution < 1.29 is 4.74 Å². The summed E-state index contributed by atoms with van der Waals surface area (Å²) in [4.78, 5) is 4.27. The SMILES string of the molecule is Cc1ccc(Oc2cccnc2C)c(CNC(C)(C)C)c1. The molecule has 1 aromatic heterocycles. The molecule has 2 aromatic rings. The number of aryl methyl sites for hydroxylation is 2. The van der Waals surface area contributed by atoms with E-state index in [1.165, 1.54) is 5.56 Å². The van der Waals surface area contributed by atoms with Gasteiger partial charge in [0.1, 0.15) is 11.5 Å². The van der Waals surface area contributed by atoms with Crippen LogP contribution in [0.1, 0.15) is 37.6 Å². The molecule has 1 heterocycles. The summed E-state index contributed by atoms with van der Waals surface area (Å²) in [6, 6.07) is 10.1. The van der Waals surface area contributed by atoms with Crippen LogP contribution >= 0.6 is 0 Å². The Morgan fingerprint density at radius 1 is 1.10 bits per heavy atom. The second-order valence-electron chi connectivity index (χ2n) is 6.40. The molecule has 112 valence electrons. The van der Waals surface area contributed by atoms with E-state index < -0.39 is 0 Å². The molecule has 1 N–H and O–H groups in total. The number of nitrogens with zero attached hydrogens (tertiary/aromatic N) is 1. The van der Waals surface area contributed by atoms with Crippen LogP contribution < -0.4 is 10.1 Å². The number of aromatic nitrogens is 1. The Morgan fingerprint density at radius 3 is 2.52 bits per heavy atom. The van der Waals surface area contributed by atoms with Gasteiger partial charge in [-0.3, -0.25) is 4.98 Å². The molecule has 2 rings (SSSR count). The average molecular weight is 284 g/mol. The van der Waals surface area contributed by atoms with Crippen molar-refractivity contribution in [2.45, 2.75) is 46.7 Å². The fourth-order valence-corrected chi connectivity index (χ4v) is 2.00. The highest BCUT2D eigenvalue weighted by atomic mass is 16.5. The first-order valence-electron chi connectivity index (χ1n) is 7.29. The maximum Gasteiger partial charge on any atom is 0.148 e. The lowest BCUT2D eigenvalue weighted by Crippen LogP contribution is -2.35. The molecule has 0 spiro atoms. The summed E-state index contributed by atoms with van der Waals surface area (Å²) in [6.07, 6.45) is 1.78. The monoisotopic (exact) mass is 284 g/mol. The minimum Gasteiger partial charge on any atom is -0.455 e. The Kier molecular flexibility index (Phi) is 4.63. The molecule has 0 unspecified atom stereocenters. The van der Waals surface area contributed by atoms with E-state index >= 15 is 0 Å². The molecule has 3 heteroatoms. The van der Waals surface area contributed by atoms with Gasteiger partial charge in [-0.25, -0.2) is 0 Å². The lowest BCUT2D eigenvalue weighted by molar-refractivity contribution is 0.413. The molecule has 0 aliphatic carbocycles. The number of rotatable bonds is 4. The summed E-state index contributed by atoms with van der Waals surface area (Å²) >= 11 is 0. The number of hydrogen-bond acceptors (Lipinski definition) is 3. The predicted molar refractivity (Wildman–Crippen MR) is 86.8 cm³/mol. The Balaban J connectivity index is 2.25. The predicted octanol–water partition coefficient (Wildman–Crippen LogP) is 4.38. The number of ether oxygens (including phenoxy) is 1. The molecule has 0 bridgehead atoms. The van der Waals surface area contributed by atoms with Crippen molar-refractivity contribution in [3.05, 3.63) is 53.3 Å². The summed E-state index contributed by atoms with van der Waals surface area (Å²) in [5, 5.41) is 3.51. The van der Waals surface area contributed by atoms with E-state index in [0.29, 0.717) is 0 Å². The topological polar surface area (TPSA) is 34.1 Å². The minimum absolute atomic E-state index is 0.0746. The van der Waals surface area contributed by atoms with Gasteiger partial charge in [-0.15, -0.1) is 0 Å². The van der Waals surface area contributed by atoms with Crippen LogP contribution in [-0.2, 0) is 6.54 Å². The minimum atomic E-state index is 0.0746. The van der Waals surface area contributed by atoms with E-state index in [1.807, 2.05) is 25.1 Å². The van der Waals surface area contributed by atoms with E-state index in [-0.39, 0.29) is 5.54 Å². The molecule has 0 saturated heterocycles. The van der Waals surface area contributed by atoms with Crippen molar-refractivity contribution >= 4 is 0 Å². The van der Waals surface area contributed by atoms with Crippen LogP contribution in [0.4, 0.5) is 0 Å². The van der Waals surface area contributed by atoms with Crippen LogP contribution in [-0.4, -0.2) is 10.5 Å². The zero-order valence-corrected chi connectivity index (χ0v) is 13.5. The number of nitrogens with one attached hydrogen (secondary N) is 1. The first-order valence-corrected chi connectivity index (χ1v) is 7.29. The maximum atomic E-state index is 6.06. The van der Waals surface area contributed by atoms with E-state index in [2.05, 4.69) is 50.1 Å². The molecule has 0 saturated carbocycles. The molecule has 0 aliphatic heterocycles. The van der Waals surface area contributed by atoms with Gasteiger partial charge < -0.3 is 10.1 Å². The van der Waals surface area contributed by atoms with Crippen LogP contribution in [0.15, 0.2) is 36.5 Å². The second kappa shape index (κ2) is 6.27. The van der Waals surface area contributed by atoms with Crippen LogP contribution in [0.3, 0.4) is 0 Å². The number of benzene rings is 1. The fraction of sp³-hybridized carbons (Fsp3) is 0.389. The smallest absolute Gasteiger partial charge is 0.148 e. The quantitative estimate of drug-likeness (QED) is 0.904. The van der Waals surface area contributed by atoms with Gasteiger partial charge in [-0.1, -0.05) is 17.7 Å². The normalized spacial score (nSPS) is 11.5. The van der Waals surface area contributed by atoms with E-state index in [1.54, 1.807) is 6.20 Å². The van der Waals surface area contributed by atoms with Gasteiger partial charge in [0.2, 0.25) is 0 Å². The fourth-order valence-electron chi connectivity index (χ4n) is 2.00. The molecule has 0 fully saturated rings. The van der Waals surface area contributed by atoms with Gasteiger partial charge in [0.15, 0.2) is 0 Å². The van der Waals surface area contributed by atoms with Crippen molar-refractivity contribution in [2.75, 3.05) is 0 Å². The first kappa shape index (κ1) is 15.5. The van der Waals surface area contributed by atoms with Gasteiger partial charge in [0, 0.05) is 23.8 Å². The summed E-state index contributed by atoms with van der Waals surface area (Å²) in [6.45, 7) is 11.3. The third kappa shape index (κ3) is 4.57. The van der Waals surface area contributed by atoms with Crippen LogP contribution in [0, 0.1) is 13.8 Å². The zero-order chi connectivity index (χ0) is 15.5. The summed E-state index contributed by atoms with van der Waals surface area (Å²) in [5.41, 5.74) is 3.36. The molecule has 0 radical (unpaired) electrons. The Labute approximate surface area is 127 Å². The zero-order valence-electron chi connectivity index (χ0n) is 13.5. The Hall–Kier alpha value is -1.87. The van der Waals surface area contributed by atoms with E-state index in [0.717, 1.165) is 29.3 Å². The lowest BCUT2D eigenvalue weighted by Gasteiger charge is -2.22. The van der Waals surface area contributed by atoms with Crippen molar-refractivity contribution in [1.82, 2.24) is 10.3 Å². The first-order chi connectivity index (χ1) is 9.85.